The average Bonchev–Trinajstić information content (AvgIpc) is 2.35. The van der Waals surface area contributed by atoms with Gasteiger partial charge in [-0.1, -0.05) is 6.92 Å². The van der Waals surface area contributed by atoms with Gasteiger partial charge in [-0.3, -0.25) is 0 Å². The SMILES string of the molecule is CCCNc1ncc(S(=O)(=O)N(C)C(C)C)cn1. The van der Waals surface area contributed by atoms with Gasteiger partial charge in [0.2, 0.25) is 16.0 Å². The number of hydrogen-bond acceptors (Lipinski definition) is 5. The van der Waals surface area contributed by atoms with Gasteiger partial charge in [0, 0.05) is 19.6 Å². The summed E-state index contributed by atoms with van der Waals surface area (Å²) in [7, 11) is -1.95. The number of hydrogen-bond donors (Lipinski definition) is 1. The first-order valence-electron chi connectivity index (χ1n) is 5.93. The highest BCUT2D eigenvalue weighted by Crippen LogP contribution is 2.15. The zero-order valence-corrected chi connectivity index (χ0v) is 12.0. The number of nitrogens with one attached hydrogen (secondary N) is 1. The minimum atomic E-state index is -3.49. The lowest BCUT2D eigenvalue weighted by atomic mass is 10.4. The summed E-state index contributed by atoms with van der Waals surface area (Å²) in [4.78, 5) is 8.10. The van der Waals surface area contributed by atoms with Crippen LogP contribution in [0.2, 0.25) is 0 Å². The molecule has 0 spiro atoms. The molecule has 0 aliphatic rings. The van der Waals surface area contributed by atoms with Crippen molar-refractivity contribution < 1.29 is 8.42 Å². The van der Waals surface area contributed by atoms with Gasteiger partial charge in [0.1, 0.15) is 4.90 Å². The van der Waals surface area contributed by atoms with Crippen molar-refractivity contribution in [3.8, 4) is 0 Å². The van der Waals surface area contributed by atoms with Gasteiger partial charge in [-0.05, 0) is 20.3 Å². The normalized spacial score (nSPS) is 12.1. The fraction of sp³-hybridized carbons (Fsp3) is 0.636. The molecule has 18 heavy (non-hydrogen) atoms. The standard InChI is InChI=1S/C11H20N4O2S/c1-5-6-12-11-13-7-10(8-14-11)18(16,17)15(4)9(2)3/h7-9H,5-6H2,1-4H3,(H,12,13,14). The van der Waals surface area contributed by atoms with E-state index >= 15 is 0 Å². The summed E-state index contributed by atoms with van der Waals surface area (Å²) in [5.41, 5.74) is 0. The summed E-state index contributed by atoms with van der Waals surface area (Å²) in [6.45, 7) is 6.42. The quantitative estimate of drug-likeness (QED) is 0.845. The maximum absolute atomic E-state index is 12.1. The van der Waals surface area contributed by atoms with Crippen molar-refractivity contribution in [3.63, 3.8) is 0 Å². The smallest absolute Gasteiger partial charge is 0.246 e. The molecule has 1 heterocycles. The first-order chi connectivity index (χ1) is 8.39. The molecular formula is C11H20N4O2S. The molecule has 0 radical (unpaired) electrons. The molecule has 0 aromatic carbocycles. The molecule has 1 rings (SSSR count). The van der Waals surface area contributed by atoms with Crippen molar-refractivity contribution in [3.05, 3.63) is 12.4 Å². The molecule has 0 aliphatic heterocycles. The zero-order valence-electron chi connectivity index (χ0n) is 11.2. The number of sulfonamides is 1. The van der Waals surface area contributed by atoms with Gasteiger partial charge in [-0.25, -0.2) is 18.4 Å². The third-order valence-corrected chi connectivity index (χ3v) is 4.55. The van der Waals surface area contributed by atoms with Crippen LogP contribution in [0.3, 0.4) is 0 Å². The Labute approximate surface area is 108 Å². The Hall–Kier alpha value is -1.21. The van der Waals surface area contributed by atoms with Crippen LogP contribution in [0.1, 0.15) is 27.2 Å². The second kappa shape index (κ2) is 6.10. The van der Waals surface area contributed by atoms with Crippen LogP contribution in [0.25, 0.3) is 0 Å². The van der Waals surface area contributed by atoms with Crippen LogP contribution in [0.15, 0.2) is 17.3 Å². The number of anilines is 1. The van der Waals surface area contributed by atoms with E-state index in [1.807, 2.05) is 20.8 Å². The van der Waals surface area contributed by atoms with E-state index in [2.05, 4.69) is 15.3 Å². The zero-order chi connectivity index (χ0) is 13.8. The van der Waals surface area contributed by atoms with E-state index in [4.69, 9.17) is 0 Å². The second-order valence-electron chi connectivity index (χ2n) is 4.28. The lowest BCUT2D eigenvalue weighted by Gasteiger charge is -2.20. The number of rotatable bonds is 6. The lowest BCUT2D eigenvalue weighted by molar-refractivity contribution is 0.410. The lowest BCUT2D eigenvalue weighted by Crippen LogP contribution is -2.33. The monoisotopic (exact) mass is 272 g/mol. The van der Waals surface area contributed by atoms with Crippen molar-refractivity contribution in [2.75, 3.05) is 18.9 Å². The summed E-state index contributed by atoms with van der Waals surface area (Å²) in [6, 6.07) is -0.104. The molecule has 1 aromatic heterocycles. The number of nitrogens with zero attached hydrogens (tertiary/aromatic N) is 3. The van der Waals surface area contributed by atoms with Gasteiger partial charge < -0.3 is 5.32 Å². The van der Waals surface area contributed by atoms with E-state index in [1.165, 1.54) is 16.7 Å². The highest BCUT2D eigenvalue weighted by molar-refractivity contribution is 7.89. The van der Waals surface area contributed by atoms with Crippen molar-refractivity contribution in [1.29, 1.82) is 0 Å². The van der Waals surface area contributed by atoms with Crippen LogP contribution >= 0.6 is 0 Å². The summed E-state index contributed by atoms with van der Waals surface area (Å²) >= 11 is 0. The molecule has 7 heteroatoms. The van der Waals surface area contributed by atoms with Crippen LogP contribution < -0.4 is 5.32 Å². The van der Waals surface area contributed by atoms with Gasteiger partial charge in [0.25, 0.3) is 0 Å². The summed E-state index contributed by atoms with van der Waals surface area (Å²) in [6.07, 6.45) is 3.62. The Morgan fingerprint density at radius 1 is 1.33 bits per heavy atom. The fourth-order valence-corrected chi connectivity index (χ4v) is 2.48. The second-order valence-corrected chi connectivity index (χ2v) is 6.28. The fourth-order valence-electron chi connectivity index (χ4n) is 1.22. The Morgan fingerprint density at radius 3 is 2.33 bits per heavy atom. The van der Waals surface area contributed by atoms with Gasteiger partial charge >= 0.3 is 0 Å². The molecule has 0 atom stereocenters. The molecule has 102 valence electrons. The summed E-state index contributed by atoms with van der Waals surface area (Å²) in [5, 5.41) is 2.99. The van der Waals surface area contributed by atoms with E-state index in [9.17, 15) is 8.42 Å². The predicted molar refractivity (Wildman–Crippen MR) is 70.9 cm³/mol. The van der Waals surface area contributed by atoms with Crippen LogP contribution in [0.4, 0.5) is 5.95 Å². The van der Waals surface area contributed by atoms with Crippen LogP contribution in [-0.4, -0.2) is 42.3 Å². The minimum Gasteiger partial charge on any atom is -0.354 e. The van der Waals surface area contributed by atoms with Crippen molar-refractivity contribution in [2.45, 2.75) is 38.1 Å². The molecule has 1 aromatic rings. The van der Waals surface area contributed by atoms with Crippen LogP contribution in [0, 0.1) is 0 Å². The third-order valence-electron chi connectivity index (χ3n) is 2.57. The van der Waals surface area contributed by atoms with E-state index in [-0.39, 0.29) is 10.9 Å². The van der Waals surface area contributed by atoms with Gasteiger partial charge in [0.15, 0.2) is 0 Å². The first-order valence-corrected chi connectivity index (χ1v) is 7.37. The average molecular weight is 272 g/mol. The molecule has 0 fully saturated rings. The van der Waals surface area contributed by atoms with Gasteiger partial charge in [-0.15, -0.1) is 0 Å². The molecular weight excluding hydrogens is 252 g/mol. The highest BCUT2D eigenvalue weighted by atomic mass is 32.2. The molecule has 0 saturated carbocycles. The van der Waals surface area contributed by atoms with Crippen molar-refractivity contribution in [2.24, 2.45) is 0 Å². The molecule has 0 unspecified atom stereocenters. The molecule has 0 amide bonds. The Morgan fingerprint density at radius 2 is 1.89 bits per heavy atom. The Kier molecular flexibility index (Phi) is 5.03. The Balaban J connectivity index is 2.91. The van der Waals surface area contributed by atoms with E-state index in [1.54, 1.807) is 7.05 Å². The molecule has 0 saturated heterocycles. The highest BCUT2D eigenvalue weighted by Gasteiger charge is 2.23. The van der Waals surface area contributed by atoms with E-state index < -0.39 is 10.0 Å². The maximum Gasteiger partial charge on any atom is 0.246 e. The van der Waals surface area contributed by atoms with Gasteiger partial charge in [0.05, 0.1) is 12.4 Å². The largest absolute Gasteiger partial charge is 0.354 e. The molecule has 0 aliphatic carbocycles. The topological polar surface area (TPSA) is 75.2 Å². The van der Waals surface area contributed by atoms with Crippen molar-refractivity contribution >= 4 is 16.0 Å². The summed E-state index contributed by atoms with van der Waals surface area (Å²) in [5.74, 6) is 0.447. The molecule has 1 N–H and O–H groups in total. The van der Waals surface area contributed by atoms with E-state index in [0.29, 0.717) is 5.95 Å². The summed E-state index contributed by atoms with van der Waals surface area (Å²) < 4.78 is 25.5. The minimum absolute atomic E-state index is 0.104. The van der Waals surface area contributed by atoms with E-state index in [0.717, 1.165) is 13.0 Å². The maximum atomic E-state index is 12.1. The van der Waals surface area contributed by atoms with Crippen LogP contribution in [-0.2, 0) is 10.0 Å². The van der Waals surface area contributed by atoms with Crippen molar-refractivity contribution in [1.82, 2.24) is 14.3 Å². The van der Waals surface area contributed by atoms with Crippen LogP contribution in [0.5, 0.6) is 0 Å². The van der Waals surface area contributed by atoms with Gasteiger partial charge in [-0.2, -0.15) is 4.31 Å². The molecule has 6 nitrogen and oxygen atoms in total. The predicted octanol–water partition coefficient (Wildman–Crippen LogP) is 1.33. The first kappa shape index (κ1) is 14.8. The number of aromatic nitrogens is 2. The Bertz CT molecular complexity index is 470. The third kappa shape index (κ3) is 3.39. The molecule has 0 bridgehead atoms.